The van der Waals surface area contributed by atoms with E-state index in [1.807, 2.05) is 12.3 Å². The molecule has 0 aliphatic heterocycles. The molecule has 20 heavy (non-hydrogen) atoms. The highest BCUT2D eigenvalue weighted by molar-refractivity contribution is 5.81. The van der Waals surface area contributed by atoms with Crippen LogP contribution in [0.15, 0.2) is 36.5 Å². The Morgan fingerprint density at radius 3 is 2.70 bits per heavy atom. The molecule has 0 unspecified atom stereocenters. The second kappa shape index (κ2) is 5.53. The molecule has 1 heterocycles. The predicted octanol–water partition coefficient (Wildman–Crippen LogP) is 4.08. The fraction of sp³-hybridized carbons (Fsp3) is 0.500. The summed E-state index contributed by atoms with van der Waals surface area (Å²) in [5, 5.41) is 1.26. The summed E-state index contributed by atoms with van der Waals surface area (Å²) >= 11 is 0. The van der Waals surface area contributed by atoms with E-state index < -0.39 is 0 Å². The van der Waals surface area contributed by atoms with E-state index in [4.69, 9.17) is 5.73 Å². The summed E-state index contributed by atoms with van der Waals surface area (Å²) < 4.78 is 0. The summed E-state index contributed by atoms with van der Waals surface area (Å²) in [6.45, 7) is 2.30. The second-order valence-electron chi connectivity index (χ2n) is 6.38. The Morgan fingerprint density at radius 2 is 1.95 bits per heavy atom. The third-order valence-corrected chi connectivity index (χ3v) is 4.96. The molecule has 0 spiro atoms. The number of para-hydroxylation sites is 1. The van der Waals surface area contributed by atoms with E-state index in [2.05, 4.69) is 36.2 Å². The first-order valence-corrected chi connectivity index (χ1v) is 7.82. The number of hydrogen-bond donors (Lipinski definition) is 1. The van der Waals surface area contributed by atoms with Crippen LogP contribution in [0, 0.1) is 5.92 Å². The van der Waals surface area contributed by atoms with Crippen molar-refractivity contribution in [2.24, 2.45) is 11.7 Å². The molecule has 2 heteroatoms. The van der Waals surface area contributed by atoms with Gasteiger partial charge in [-0.2, -0.15) is 0 Å². The zero-order valence-corrected chi connectivity index (χ0v) is 12.3. The normalized spacial score (nSPS) is 26.8. The van der Waals surface area contributed by atoms with Gasteiger partial charge in [0.25, 0.3) is 0 Å². The van der Waals surface area contributed by atoms with E-state index in [-0.39, 0.29) is 5.54 Å². The average Bonchev–Trinajstić information content (AvgIpc) is 2.48. The van der Waals surface area contributed by atoms with Gasteiger partial charge in [0, 0.05) is 17.1 Å². The summed E-state index contributed by atoms with van der Waals surface area (Å²) in [5.41, 5.74) is 9.09. The highest BCUT2D eigenvalue weighted by atomic mass is 14.7. The average molecular weight is 268 g/mol. The molecule has 2 nitrogen and oxygen atoms in total. The number of nitrogens with two attached hydrogens (primary N) is 1. The van der Waals surface area contributed by atoms with Gasteiger partial charge in [-0.3, -0.25) is 4.98 Å². The quantitative estimate of drug-likeness (QED) is 0.911. The molecule has 1 fully saturated rings. The van der Waals surface area contributed by atoms with Gasteiger partial charge in [-0.25, -0.2) is 0 Å². The van der Waals surface area contributed by atoms with Crippen LogP contribution in [0.25, 0.3) is 10.9 Å². The van der Waals surface area contributed by atoms with Crippen molar-refractivity contribution in [3.63, 3.8) is 0 Å². The van der Waals surface area contributed by atoms with Crippen molar-refractivity contribution in [3.05, 3.63) is 42.1 Å². The van der Waals surface area contributed by atoms with Gasteiger partial charge in [0.05, 0.1) is 5.52 Å². The Bertz CT molecular complexity index is 577. The first-order chi connectivity index (χ1) is 9.70. The molecular formula is C18H24N2. The molecule has 3 rings (SSSR count). The highest BCUT2D eigenvalue weighted by Gasteiger charge is 2.31. The fourth-order valence-electron chi connectivity index (χ4n) is 3.53. The Hall–Kier alpha value is -1.41. The zero-order chi connectivity index (χ0) is 14.0. The lowest BCUT2D eigenvalue weighted by Gasteiger charge is -2.37. The molecule has 106 valence electrons. The van der Waals surface area contributed by atoms with E-state index in [0.717, 1.165) is 30.7 Å². The first-order valence-electron chi connectivity index (χ1n) is 7.82. The molecule has 1 aliphatic rings. The van der Waals surface area contributed by atoms with Crippen molar-refractivity contribution in [3.8, 4) is 0 Å². The number of pyridine rings is 1. The monoisotopic (exact) mass is 268 g/mol. The number of benzene rings is 1. The summed E-state index contributed by atoms with van der Waals surface area (Å²) in [6.07, 6.45) is 9.08. The largest absolute Gasteiger partial charge is 0.325 e. The fourth-order valence-corrected chi connectivity index (χ4v) is 3.53. The van der Waals surface area contributed by atoms with E-state index in [0.29, 0.717) is 0 Å². The Labute approximate surface area is 121 Å². The van der Waals surface area contributed by atoms with E-state index in [1.165, 1.54) is 30.2 Å². The lowest BCUT2D eigenvalue weighted by molar-refractivity contribution is 0.229. The van der Waals surface area contributed by atoms with Crippen LogP contribution in [0.1, 0.15) is 44.6 Å². The van der Waals surface area contributed by atoms with Gasteiger partial charge in [-0.15, -0.1) is 0 Å². The molecule has 0 bridgehead atoms. The molecule has 0 atom stereocenters. The minimum Gasteiger partial charge on any atom is -0.325 e. The Balaban J connectivity index is 1.83. The van der Waals surface area contributed by atoms with Crippen molar-refractivity contribution >= 4 is 10.9 Å². The van der Waals surface area contributed by atoms with Gasteiger partial charge in [0.1, 0.15) is 0 Å². The topological polar surface area (TPSA) is 38.9 Å². The number of nitrogens with zero attached hydrogens (tertiary/aromatic N) is 1. The number of rotatable bonds is 3. The van der Waals surface area contributed by atoms with Crippen molar-refractivity contribution < 1.29 is 0 Å². The third kappa shape index (κ3) is 2.71. The molecule has 2 aromatic rings. The van der Waals surface area contributed by atoms with E-state index in [9.17, 15) is 0 Å². The first kappa shape index (κ1) is 13.6. The van der Waals surface area contributed by atoms with Crippen molar-refractivity contribution in [2.45, 2.75) is 51.0 Å². The Morgan fingerprint density at radius 1 is 1.20 bits per heavy atom. The van der Waals surface area contributed by atoms with Crippen molar-refractivity contribution in [1.29, 1.82) is 0 Å². The SMILES string of the molecule is CCC1CCC(N)(Cc2ccnc3ccccc23)CC1. The van der Waals surface area contributed by atoms with Crippen molar-refractivity contribution in [2.75, 3.05) is 0 Å². The molecule has 1 aromatic carbocycles. The standard InChI is InChI=1S/C18H24N2/c1-2-14-7-10-18(19,11-8-14)13-15-9-12-20-17-6-4-3-5-16(15)17/h3-6,9,12,14H,2,7-8,10-11,13,19H2,1H3. The van der Waals surface area contributed by atoms with Crippen LogP contribution in [0.3, 0.4) is 0 Å². The minimum absolute atomic E-state index is 0.0181. The summed E-state index contributed by atoms with van der Waals surface area (Å²) in [5.74, 6) is 0.890. The predicted molar refractivity (Wildman–Crippen MR) is 84.6 cm³/mol. The van der Waals surface area contributed by atoms with Crippen LogP contribution in [-0.2, 0) is 6.42 Å². The third-order valence-electron chi connectivity index (χ3n) is 4.96. The lowest BCUT2D eigenvalue weighted by Crippen LogP contribution is -2.45. The maximum absolute atomic E-state index is 6.68. The van der Waals surface area contributed by atoms with E-state index in [1.54, 1.807) is 0 Å². The van der Waals surface area contributed by atoms with Crippen molar-refractivity contribution in [1.82, 2.24) is 4.98 Å². The van der Waals surface area contributed by atoms with Gasteiger partial charge >= 0.3 is 0 Å². The van der Waals surface area contributed by atoms with Crippen LogP contribution in [0.5, 0.6) is 0 Å². The molecule has 2 N–H and O–H groups in total. The maximum atomic E-state index is 6.68. The number of hydrogen-bond acceptors (Lipinski definition) is 2. The van der Waals surface area contributed by atoms with Gasteiger partial charge in [-0.05, 0) is 55.7 Å². The van der Waals surface area contributed by atoms with Crippen LogP contribution >= 0.6 is 0 Å². The van der Waals surface area contributed by atoms with Gasteiger partial charge in [-0.1, -0.05) is 31.5 Å². The number of fused-ring (bicyclic) bond motifs is 1. The molecule has 0 amide bonds. The summed E-state index contributed by atoms with van der Waals surface area (Å²) in [4.78, 5) is 4.44. The second-order valence-corrected chi connectivity index (χ2v) is 6.38. The van der Waals surface area contributed by atoms with Gasteiger partial charge in [0.15, 0.2) is 0 Å². The molecule has 0 saturated heterocycles. The maximum Gasteiger partial charge on any atom is 0.0704 e. The Kier molecular flexibility index (Phi) is 3.75. The molecule has 0 radical (unpaired) electrons. The van der Waals surface area contributed by atoms with Crippen LogP contribution in [0.4, 0.5) is 0 Å². The molecule has 1 aromatic heterocycles. The lowest BCUT2D eigenvalue weighted by atomic mass is 9.73. The van der Waals surface area contributed by atoms with Gasteiger partial charge < -0.3 is 5.73 Å². The number of aromatic nitrogens is 1. The summed E-state index contributed by atoms with van der Waals surface area (Å²) in [7, 11) is 0. The molecule has 1 saturated carbocycles. The molecular weight excluding hydrogens is 244 g/mol. The zero-order valence-electron chi connectivity index (χ0n) is 12.3. The minimum atomic E-state index is -0.0181. The van der Waals surface area contributed by atoms with Crippen LogP contribution in [0.2, 0.25) is 0 Å². The summed E-state index contributed by atoms with van der Waals surface area (Å²) in [6, 6.07) is 10.5. The van der Waals surface area contributed by atoms with Crippen LogP contribution in [-0.4, -0.2) is 10.5 Å². The molecule has 1 aliphatic carbocycles. The smallest absolute Gasteiger partial charge is 0.0704 e. The van der Waals surface area contributed by atoms with Gasteiger partial charge in [0.2, 0.25) is 0 Å². The van der Waals surface area contributed by atoms with E-state index >= 15 is 0 Å². The van der Waals surface area contributed by atoms with Crippen LogP contribution < -0.4 is 5.73 Å². The highest BCUT2D eigenvalue weighted by Crippen LogP contribution is 2.35.